The smallest absolute Gasteiger partial charge is 0.216 e. The number of nitrogens with zero attached hydrogens (tertiary/aromatic N) is 2. The summed E-state index contributed by atoms with van der Waals surface area (Å²) in [5.41, 5.74) is 2.01. The van der Waals surface area contributed by atoms with Crippen molar-refractivity contribution in [2.45, 2.75) is 26.8 Å². The van der Waals surface area contributed by atoms with Gasteiger partial charge in [0, 0.05) is 17.6 Å². The summed E-state index contributed by atoms with van der Waals surface area (Å²) < 4.78 is 5.46. The van der Waals surface area contributed by atoms with Crippen molar-refractivity contribution in [3.63, 3.8) is 0 Å². The number of rotatable bonds is 3. The Balaban J connectivity index is 2.10. The summed E-state index contributed by atoms with van der Waals surface area (Å²) in [7, 11) is 0. The van der Waals surface area contributed by atoms with Crippen molar-refractivity contribution in [3.8, 4) is 0 Å². The quantitative estimate of drug-likeness (QED) is 0.858. The lowest BCUT2D eigenvalue weighted by molar-refractivity contribution is 0.453. The standard InChI is InChI=1S/C12H15N3O/c1-8-6-11(4-5-13-8)15-10(3)12-14-7-9(2)16-12/h4-7,10H,1-3H3,(H,13,15). The number of hydrogen-bond acceptors (Lipinski definition) is 4. The van der Waals surface area contributed by atoms with Gasteiger partial charge in [-0.25, -0.2) is 4.98 Å². The molecule has 0 fully saturated rings. The van der Waals surface area contributed by atoms with Gasteiger partial charge in [-0.1, -0.05) is 0 Å². The van der Waals surface area contributed by atoms with Crippen molar-refractivity contribution in [1.29, 1.82) is 0 Å². The van der Waals surface area contributed by atoms with E-state index < -0.39 is 0 Å². The van der Waals surface area contributed by atoms with Crippen LogP contribution in [0.5, 0.6) is 0 Å². The van der Waals surface area contributed by atoms with E-state index in [0.29, 0.717) is 5.89 Å². The molecule has 1 unspecified atom stereocenters. The molecule has 2 aromatic heterocycles. The largest absolute Gasteiger partial charge is 0.444 e. The van der Waals surface area contributed by atoms with Gasteiger partial charge >= 0.3 is 0 Å². The van der Waals surface area contributed by atoms with Crippen LogP contribution >= 0.6 is 0 Å². The normalized spacial score (nSPS) is 12.4. The van der Waals surface area contributed by atoms with E-state index in [9.17, 15) is 0 Å². The zero-order chi connectivity index (χ0) is 11.5. The van der Waals surface area contributed by atoms with E-state index in [0.717, 1.165) is 17.1 Å². The Kier molecular flexibility index (Phi) is 2.90. The molecule has 2 heterocycles. The SMILES string of the molecule is Cc1cc(NC(C)c2ncc(C)o2)ccn1. The van der Waals surface area contributed by atoms with Crippen LogP contribution in [-0.2, 0) is 0 Å². The molecule has 4 heteroatoms. The number of pyridine rings is 1. The summed E-state index contributed by atoms with van der Waals surface area (Å²) in [5, 5.41) is 3.32. The molecule has 2 rings (SSSR count). The predicted octanol–water partition coefficient (Wildman–Crippen LogP) is 2.86. The fourth-order valence-electron chi connectivity index (χ4n) is 1.52. The Labute approximate surface area is 94.7 Å². The van der Waals surface area contributed by atoms with Crippen molar-refractivity contribution < 1.29 is 4.42 Å². The Morgan fingerprint density at radius 1 is 1.31 bits per heavy atom. The molecule has 0 spiro atoms. The number of oxazole rings is 1. The van der Waals surface area contributed by atoms with Gasteiger partial charge in [0.1, 0.15) is 11.8 Å². The van der Waals surface area contributed by atoms with Crippen LogP contribution in [0.3, 0.4) is 0 Å². The molecule has 0 aliphatic heterocycles. The maximum absolute atomic E-state index is 5.46. The first-order valence-electron chi connectivity index (χ1n) is 5.26. The molecule has 1 atom stereocenters. The topological polar surface area (TPSA) is 51.0 Å². The van der Waals surface area contributed by atoms with Crippen LogP contribution in [0.25, 0.3) is 0 Å². The second kappa shape index (κ2) is 4.35. The first-order valence-corrected chi connectivity index (χ1v) is 5.26. The van der Waals surface area contributed by atoms with Crippen LogP contribution in [0.1, 0.15) is 30.3 Å². The highest BCUT2D eigenvalue weighted by Gasteiger charge is 2.10. The van der Waals surface area contributed by atoms with Crippen molar-refractivity contribution in [3.05, 3.63) is 41.9 Å². The monoisotopic (exact) mass is 217 g/mol. The van der Waals surface area contributed by atoms with E-state index in [1.165, 1.54) is 0 Å². The number of aromatic nitrogens is 2. The number of nitrogens with one attached hydrogen (secondary N) is 1. The lowest BCUT2D eigenvalue weighted by Crippen LogP contribution is -2.07. The van der Waals surface area contributed by atoms with E-state index in [1.54, 1.807) is 12.4 Å². The highest BCUT2D eigenvalue weighted by molar-refractivity contribution is 5.44. The Morgan fingerprint density at radius 3 is 2.75 bits per heavy atom. The second-order valence-electron chi connectivity index (χ2n) is 3.86. The van der Waals surface area contributed by atoms with Gasteiger partial charge in [0.25, 0.3) is 0 Å². The molecule has 84 valence electrons. The average molecular weight is 217 g/mol. The minimum absolute atomic E-state index is 0.0514. The van der Waals surface area contributed by atoms with Crippen molar-refractivity contribution in [1.82, 2.24) is 9.97 Å². The van der Waals surface area contributed by atoms with Gasteiger partial charge in [0.15, 0.2) is 0 Å². The molecular formula is C12H15N3O. The van der Waals surface area contributed by atoms with E-state index in [4.69, 9.17) is 4.42 Å². The zero-order valence-corrected chi connectivity index (χ0v) is 9.69. The Bertz CT molecular complexity index is 479. The van der Waals surface area contributed by atoms with Gasteiger partial charge in [0.05, 0.1) is 6.20 Å². The lowest BCUT2D eigenvalue weighted by Gasteiger charge is -2.11. The van der Waals surface area contributed by atoms with E-state index in [2.05, 4.69) is 15.3 Å². The number of aryl methyl sites for hydroxylation is 2. The molecule has 4 nitrogen and oxygen atoms in total. The van der Waals surface area contributed by atoms with Crippen LogP contribution in [0.4, 0.5) is 5.69 Å². The summed E-state index contributed by atoms with van der Waals surface area (Å²) in [5.74, 6) is 1.53. The fraction of sp³-hybridized carbons (Fsp3) is 0.333. The maximum atomic E-state index is 5.46. The van der Waals surface area contributed by atoms with Gasteiger partial charge in [-0.15, -0.1) is 0 Å². The minimum atomic E-state index is 0.0514. The van der Waals surface area contributed by atoms with E-state index in [-0.39, 0.29) is 6.04 Å². The van der Waals surface area contributed by atoms with Crippen LogP contribution in [0, 0.1) is 13.8 Å². The summed E-state index contributed by atoms with van der Waals surface area (Å²) >= 11 is 0. The maximum Gasteiger partial charge on any atom is 0.216 e. The van der Waals surface area contributed by atoms with Crippen LogP contribution < -0.4 is 5.32 Å². The Morgan fingerprint density at radius 2 is 2.12 bits per heavy atom. The second-order valence-corrected chi connectivity index (χ2v) is 3.86. The van der Waals surface area contributed by atoms with E-state index >= 15 is 0 Å². The first-order chi connectivity index (χ1) is 7.65. The summed E-state index contributed by atoms with van der Waals surface area (Å²) in [4.78, 5) is 8.33. The van der Waals surface area contributed by atoms with Crippen molar-refractivity contribution >= 4 is 5.69 Å². The third kappa shape index (κ3) is 2.39. The minimum Gasteiger partial charge on any atom is -0.444 e. The fourth-order valence-corrected chi connectivity index (χ4v) is 1.52. The van der Waals surface area contributed by atoms with Gasteiger partial charge in [-0.3, -0.25) is 4.98 Å². The van der Waals surface area contributed by atoms with Gasteiger partial charge < -0.3 is 9.73 Å². The summed E-state index contributed by atoms with van der Waals surface area (Å²) in [6.07, 6.45) is 3.51. The van der Waals surface area contributed by atoms with Crippen LogP contribution in [0.2, 0.25) is 0 Å². The van der Waals surface area contributed by atoms with Crippen LogP contribution in [-0.4, -0.2) is 9.97 Å². The molecule has 0 saturated heterocycles. The molecule has 0 bridgehead atoms. The van der Waals surface area contributed by atoms with Crippen molar-refractivity contribution in [2.24, 2.45) is 0 Å². The third-order valence-corrected chi connectivity index (χ3v) is 2.29. The highest BCUT2D eigenvalue weighted by Crippen LogP contribution is 2.18. The van der Waals surface area contributed by atoms with E-state index in [1.807, 2.05) is 32.9 Å². The highest BCUT2D eigenvalue weighted by atomic mass is 16.4. The van der Waals surface area contributed by atoms with Gasteiger partial charge in [-0.05, 0) is 32.9 Å². The van der Waals surface area contributed by atoms with Crippen molar-refractivity contribution in [2.75, 3.05) is 5.32 Å². The molecule has 0 aliphatic carbocycles. The molecule has 0 saturated carbocycles. The summed E-state index contributed by atoms with van der Waals surface area (Å²) in [6.45, 7) is 5.87. The van der Waals surface area contributed by atoms with Crippen LogP contribution in [0.15, 0.2) is 28.9 Å². The molecule has 2 aromatic rings. The lowest BCUT2D eigenvalue weighted by atomic mass is 10.3. The van der Waals surface area contributed by atoms with Gasteiger partial charge in [0.2, 0.25) is 5.89 Å². The Hall–Kier alpha value is -1.84. The summed E-state index contributed by atoms with van der Waals surface area (Å²) in [6, 6.07) is 3.97. The zero-order valence-electron chi connectivity index (χ0n) is 9.69. The molecule has 0 aromatic carbocycles. The van der Waals surface area contributed by atoms with Gasteiger partial charge in [-0.2, -0.15) is 0 Å². The third-order valence-electron chi connectivity index (χ3n) is 2.29. The molecular weight excluding hydrogens is 202 g/mol. The molecule has 0 amide bonds. The molecule has 0 radical (unpaired) electrons. The number of anilines is 1. The predicted molar refractivity (Wildman–Crippen MR) is 62.3 cm³/mol. The number of hydrogen-bond donors (Lipinski definition) is 1. The molecule has 16 heavy (non-hydrogen) atoms. The molecule has 1 N–H and O–H groups in total. The average Bonchev–Trinajstić information content (AvgIpc) is 2.65. The first kappa shape index (κ1) is 10.7. The molecule has 0 aliphatic rings.